The smallest absolute Gasteiger partial charge is 0.0162 e. The van der Waals surface area contributed by atoms with Gasteiger partial charge in [0.2, 0.25) is 0 Å². The Hall–Kier alpha value is -0.0400. The van der Waals surface area contributed by atoms with Crippen molar-refractivity contribution in [3.63, 3.8) is 0 Å². The predicted molar refractivity (Wildman–Crippen MR) is 115 cm³/mol. The van der Waals surface area contributed by atoms with Gasteiger partial charge >= 0.3 is 0 Å². The molecule has 1 nitrogen and oxygen atoms in total. The average molecular weight is 372 g/mol. The van der Waals surface area contributed by atoms with E-state index in [9.17, 15) is 0 Å². The van der Waals surface area contributed by atoms with Gasteiger partial charge in [0, 0.05) is 18.1 Å². The van der Waals surface area contributed by atoms with Crippen LogP contribution in [0.25, 0.3) is 0 Å². The Morgan fingerprint density at radius 1 is 0.852 bits per heavy atom. The minimum atomic E-state index is 0.408. The molecule has 6 fully saturated rings. The van der Waals surface area contributed by atoms with Crippen molar-refractivity contribution in [1.82, 2.24) is 4.90 Å². The van der Waals surface area contributed by atoms with Crippen molar-refractivity contribution in [3.8, 4) is 0 Å². The van der Waals surface area contributed by atoms with Crippen LogP contribution < -0.4 is 0 Å². The summed E-state index contributed by atoms with van der Waals surface area (Å²) in [5, 5.41) is 0. The summed E-state index contributed by atoms with van der Waals surface area (Å²) < 4.78 is 0. The fraction of sp³-hybridized carbons (Fsp3) is 1.00. The lowest BCUT2D eigenvalue weighted by molar-refractivity contribution is -0.0245. The second kappa shape index (κ2) is 6.23. The zero-order valence-electron chi connectivity index (χ0n) is 19.0. The van der Waals surface area contributed by atoms with E-state index in [-0.39, 0.29) is 0 Å². The van der Waals surface area contributed by atoms with Gasteiger partial charge in [-0.2, -0.15) is 0 Å². The summed E-state index contributed by atoms with van der Waals surface area (Å²) in [5.41, 5.74) is 1.10. The molecule has 0 amide bonds. The first kappa shape index (κ1) is 19.0. The number of hydrogen-bond acceptors (Lipinski definition) is 1. The van der Waals surface area contributed by atoms with Crippen LogP contribution in [0, 0.1) is 52.8 Å². The van der Waals surface area contributed by atoms with Crippen LogP contribution in [0.2, 0.25) is 0 Å². The number of rotatable bonds is 3. The molecule has 0 aromatic carbocycles. The van der Waals surface area contributed by atoms with Crippen molar-refractivity contribution in [2.75, 3.05) is 6.54 Å². The van der Waals surface area contributed by atoms with Crippen molar-refractivity contribution in [2.24, 2.45) is 52.8 Å². The molecule has 0 aromatic rings. The van der Waals surface area contributed by atoms with Gasteiger partial charge in [-0.05, 0) is 112 Å². The van der Waals surface area contributed by atoms with E-state index in [1.165, 1.54) is 32.2 Å². The van der Waals surface area contributed by atoms with E-state index in [4.69, 9.17) is 0 Å². The molecule has 0 aromatic heterocycles. The lowest BCUT2D eigenvalue weighted by atomic mass is 9.62. The molecule has 4 bridgehead atoms. The molecule has 6 unspecified atom stereocenters. The fourth-order valence-corrected chi connectivity index (χ4v) is 9.72. The Kier molecular flexibility index (Phi) is 4.37. The largest absolute Gasteiger partial charge is 0.294 e. The third-order valence-corrected chi connectivity index (χ3v) is 10.6. The molecule has 5 saturated carbocycles. The summed E-state index contributed by atoms with van der Waals surface area (Å²) in [6, 6.07) is 0.837. The standard InChI is InChI=1S/C26H45N/c1-16(2)21-8-7-9-22(17(3)4)24(21)27-15-26(14-25(27,5)6)20-11-18-10-19(13-20)23(26)12-18/h16-24H,7-15H2,1-6H3/t18?,19?,20?,21?,22?,23-,24?,26?/m0/s1. The van der Waals surface area contributed by atoms with Crippen LogP contribution in [-0.2, 0) is 0 Å². The number of hydrogen-bond donors (Lipinski definition) is 0. The Morgan fingerprint density at radius 2 is 1.52 bits per heavy atom. The molecule has 5 aliphatic carbocycles. The SMILES string of the molecule is CC(C)C1CCCC(C(C)C)C1N1CC2(CC1(C)C)C1CC3CC(C1)[C@@H]2C3. The molecule has 6 aliphatic rings. The third-order valence-electron chi connectivity index (χ3n) is 10.6. The number of nitrogens with zero attached hydrogens (tertiary/aromatic N) is 1. The van der Waals surface area contributed by atoms with E-state index in [1.54, 1.807) is 25.7 Å². The monoisotopic (exact) mass is 371 g/mol. The molecule has 7 atom stereocenters. The van der Waals surface area contributed by atoms with Crippen molar-refractivity contribution >= 4 is 0 Å². The summed E-state index contributed by atoms with van der Waals surface area (Å²) in [4.78, 5) is 3.13. The highest BCUT2D eigenvalue weighted by Crippen LogP contribution is 2.71. The first-order chi connectivity index (χ1) is 12.7. The summed E-state index contributed by atoms with van der Waals surface area (Å²) in [6.07, 6.45) is 12.3. The van der Waals surface area contributed by atoms with Gasteiger partial charge in [-0.3, -0.25) is 4.90 Å². The Morgan fingerprint density at radius 3 is 2.11 bits per heavy atom. The molecule has 1 heteroatoms. The molecule has 1 spiro atoms. The second-order valence-corrected chi connectivity index (χ2v) is 13.0. The van der Waals surface area contributed by atoms with Crippen LogP contribution >= 0.6 is 0 Å². The highest BCUT2D eigenvalue weighted by atomic mass is 15.3. The van der Waals surface area contributed by atoms with E-state index in [0.717, 1.165) is 53.4 Å². The summed E-state index contributed by atoms with van der Waals surface area (Å²) in [7, 11) is 0. The second-order valence-electron chi connectivity index (χ2n) is 13.0. The molecule has 0 radical (unpaired) electrons. The first-order valence-electron chi connectivity index (χ1n) is 12.5. The van der Waals surface area contributed by atoms with Crippen LogP contribution in [0.3, 0.4) is 0 Å². The summed E-state index contributed by atoms with van der Waals surface area (Å²) in [5.74, 6) is 7.87. The maximum atomic E-state index is 3.13. The minimum absolute atomic E-state index is 0.408. The van der Waals surface area contributed by atoms with Gasteiger partial charge in [0.25, 0.3) is 0 Å². The first-order valence-corrected chi connectivity index (χ1v) is 12.5. The van der Waals surface area contributed by atoms with Gasteiger partial charge in [-0.25, -0.2) is 0 Å². The minimum Gasteiger partial charge on any atom is -0.294 e. The van der Waals surface area contributed by atoms with Gasteiger partial charge in [0.15, 0.2) is 0 Å². The maximum absolute atomic E-state index is 3.13. The lowest BCUT2D eigenvalue weighted by Gasteiger charge is -2.51. The number of likely N-dealkylation sites (tertiary alicyclic amines) is 1. The lowest BCUT2D eigenvalue weighted by Crippen LogP contribution is -2.56. The van der Waals surface area contributed by atoms with Crippen LogP contribution in [-0.4, -0.2) is 23.0 Å². The van der Waals surface area contributed by atoms with Crippen LogP contribution in [0.15, 0.2) is 0 Å². The molecule has 27 heavy (non-hydrogen) atoms. The third kappa shape index (κ3) is 2.65. The molecular weight excluding hydrogens is 326 g/mol. The van der Waals surface area contributed by atoms with Gasteiger partial charge in [0.1, 0.15) is 0 Å². The zero-order chi connectivity index (χ0) is 19.1. The quantitative estimate of drug-likeness (QED) is 0.539. The summed E-state index contributed by atoms with van der Waals surface area (Å²) >= 11 is 0. The molecule has 1 saturated heterocycles. The molecule has 6 rings (SSSR count). The van der Waals surface area contributed by atoms with E-state index in [1.807, 2.05) is 0 Å². The Labute approximate surface area is 169 Å². The molecule has 1 aliphatic heterocycles. The van der Waals surface area contributed by atoms with Crippen molar-refractivity contribution in [2.45, 2.75) is 104 Å². The summed E-state index contributed by atoms with van der Waals surface area (Å²) in [6.45, 7) is 16.8. The van der Waals surface area contributed by atoms with E-state index >= 15 is 0 Å². The topological polar surface area (TPSA) is 3.24 Å². The molecular formula is C26H45N. The zero-order valence-corrected chi connectivity index (χ0v) is 19.0. The molecule has 1 heterocycles. The fourth-order valence-electron chi connectivity index (χ4n) is 9.72. The van der Waals surface area contributed by atoms with E-state index < -0.39 is 0 Å². The molecule has 0 N–H and O–H groups in total. The van der Waals surface area contributed by atoms with Crippen LogP contribution in [0.5, 0.6) is 0 Å². The highest BCUT2D eigenvalue weighted by molar-refractivity contribution is 5.18. The van der Waals surface area contributed by atoms with Gasteiger partial charge < -0.3 is 0 Å². The van der Waals surface area contributed by atoms with Crippen molar-refractivity contribution < 1.29 is 0 Å². The highest BCUT2D eigenvalue weighted by Gasteiger charge is 2.67. The Bertz CT molecular complexity index is 557. The maximum Gasteiger partial charge on any atom is 0.0162 e. The Balaban J connectivity index is 1.50. The van der Waals surface area contributed by atoms with Crippen molar-refractivity contribution in [3.05, 3.63) is 0 Å². The molecule has 154 valence electrons. The van der Waals surface area contributed by atoms with Crippen molar-refractivity contribution in [1.29, 1.82) is 0 Å². The van der Waals surface area contributed by atoms with Crippen LogP contribution in [0.4, 0.5) is 0 Å². The van der Waals surface area contributed by atoms with Gasteiger partial charge in [0.05, 0.1) is 0 Å². The van der Waals surface area contributed by atoms with Crippen LogP contribution in [0.1, 0.15) is 92.9 Å². The van der Waals surface area contributed by atoms with E-state index in [2.05, 4.69) is 46.4 Å². The normalized spacial score (nSPS) is 51.3. The predicted octanol–water partition coefficient (Wildman–Crippen LogP) is 6.62. The van der Waals surface area contributed by atoms with Gasteiger partial charge in [-0.1, -0.05) is 34.1 Å². The average Bonchev–Trinajstić information content (AvgIpc) is 3.12. The van der Waals surface area contributed by atoms with E-state index in [0.29, 0.717) is 11.0 Å². The van der Waals surface area contributed by atoms with Gasteiger partial charge in [-0.15, -0.1) is 0 Å².